The molecule has 0 aliphatic rings. The van der Waals surface area contributed by atoms with Gasteiger partial charge in [-0.05, 0) is 36.2 Å². The summed E-state index contributed by atoms with van der Waals surface area (Å²) in [5, 5.41) is 8.12. The molecule has 0 radical (unpaired) electrons. The number of rotatable bonds is 3. The summed E-state index contributed by atoms with van der Waals surface area (Å²) in [4.78, 5) is 22.2. The highest BCUT2D eigenvalue weighted by molar-refractivity contribution is 9.10. The van der Waals surface area contributed by atoms with Crippen molar-refractivity contribution in [3.05, 3.63) is 34.3 Å². The van der Waals surface area contributed by atoms with Gasteiger partial charge in [-0.2, -0.15) is 0 Å². The summed E-state index contributed by atoms with van der Waals surface area (Å²) in [6.07, 6.45) is 0. The van der Waals surface area contributed by atoms with Crippen LogP contribution in [-0.2, 0) is 15.0 Å². The van der Waals surface area contributed by atoms with Crippen LogP contribution in [0.2, 0.25) is 0 Å². The molecule has 1 aromatic carbocycles. The molecular weight excluding hydrogens is 283 g/mol. The van der Waals surface area contributed by atoms with Gasteiger partial charge in [0.2, 0.25) is 5.24 Å². The van der Waals surface area contributed by atoms with Crippen molar-refractivity contribution in [2.24, 2.45) is 0 Å². The van der Waals surface area contributed by atoms with Crippen LogP contribution < -0.4 is 0 Å². The summed E-state index contributed by atoms with van der Waals surface area (Å²) < 4.78 is 0.699. The maximum absolute atomic E-state index is 11.2. The molecule has 0 aliphatic carbocycles. The molecule has 0 amide bonds. The quantitative estimate of drug-likeness (QED) is 0.688. The Morgan fingerprint density at radius 3 is 2.47 bits per heavy atom. The number of hydrogen-bond donors (Lipinski definition) is 1. The van der Waals surface area contributed by atoms with E-state index in [1.165, 1.54) is 6.92 Å². The van der Waals surface area contributed by atoms with Crippen LogP contribution in [-0.4, -0.2) is 16.3 Å². The molecular formula is C10H8BrClO3. The van der Waals surface area contributed by atoms with Gasteiger partial charge in [-0.1, -0.05) is 28.1 Å². The SMILES string of the molecule is CC(C(=O)O)(C(=O)Cl)c1cccc(Br)c1. The molecule has 0 saturated carbocycles. The Balaban J connectivity index is 3.34. The fraction of sp³-hybridized carbons (Fsp3) is 0.200. The van der Waals surface area contributed by atoms with Crippen molar-refractivity contribution in [3.8, 4) is 0 Å². The van der Waals surface area contributed by atoms with E-state index in [9.17, 15) is 9.59 Å². The van der Waals surface area contributed by atoms with E-state index in [2.05, 4.69) is 15.9 Å². The smallest absolute Gasteiger partial charge is 0.322 e. The first-order valence-corrected chi connectivity index (χ1v) is 5.25. The molecule has 1 rings (SSSR count). The molecule has 0 heterocycles. The van der Waals surface area contributed by atoms with Crippen LogP contribution in [0.3, 0.4) is 0 Å². The second kappa shape index (κ2) is 4.33. The molecule has 1 atom stereocenters. The Hall–Kier alpha value is -0.870. The summed E-state index contributed by atoms with van der Waals surface area (Å²) in [7, 11) is 0. The van der Waals surface area contributed by atoms with Gasteiger partial charge in [0.1, 0.15) is 0 Å². The Bertz CT molecular complexity index is 403. The van der Waals surface area contributed by atoms with Crippen molar-refractivity contribution < 1.29 is 14.7 Å². The number of carboxylic acids is 1. The van der Waals surface area contributed by atoms with Gasteiger partial charge in [-0.25, -0.2) is 0 Å². The molecule has 0 bridgehead atoms. The highest BCUT2D eigenvalue weighted by Gasteiger charge is 2.42. The molecule has 0 aliphatic heterocycles. The topological polar surface area (TPSA) is 54.4 Å². The molecule has 1 N–H and O–H groups in total. The predicted octanol–water partition coefficient (Wildman–Crippen LogP) is 2.56. The van der Waals surface area contributed by atoms with Gasteiger partial charge in [0.25, 0.3) is 0 Å². The van der Waals surface area contributed by atoms with Crippen LogP contribution in [0, 0.1) is 0 Å². The van der Waals surface area contributed by atoms with Crippen LogP contribution in [0.25, 0.3) is 0 Å². The Morgan fingerprint density at radius 1 is 1.47 bits per heavy atom. The predicted molar refractivity (Wildman–Crippen MR) is 60.0 cm³/mol. The fourth-order valence-electron chi connectivity index (χ4n) is 1.12. The number of aliphatic carboxylic acids is 1. The monoisotopic (exact) mass is 290 g/mol. The van der Waals surface area contributed by atoms with E-state index in [0.29, 0.717) is 10.0 Å². The van der Waals surface area contributed by atoms with Crippen molar-refractivity contribution in [3.63, 3.8) is 0 Å². The van der Waals surface area contributed by atoms with Crippen LogP contribution in [0.5, 0.6) is 0 Å². The highest BCUT2D eigenvalue weighted by atomic mass is 79.9. The van der Waals surface area contributed by atoms with Crippen molar-refractivity contribution in [2.75, 3.05) is 0 Å². The molecule has 0 spiro atoms. The van der Waals surface area contributed by atoms with Crippen molar-refractivity contribution in [1.82, 2.24) is 0 Å². The van der Waals surface area contributed by atoms with Gasteiger partial charge in [0, 0.05) is 4.47 Å². The van der Waals surface area contributed by atoms with E-state index in [0.717, 1.165) is 0 Å². The zero-order valence-corrected chi connectivity index (χ0v) is 10.2. The lowest BCUT2D eigenvalue weighted by Crippen LogP contribution is -2.38. The normalized spacial score (nSPS) is 14.3. The summed E-state index contributed by atoms with van der Waals surface area (Å²) in [6, 6.07) is 6.51. The zero-order chi connectivity index (χ0) is 11.6. The second-order valence-electron chi connectivity index (χ2n) is 3.21. The fourth-order valence-corrected chi connectivity index (χ4v) is 1.71. The number of carbonyl (C=O) groups is 2. The average Bonchev–Trinajstić information content (AvgIpc) is 2.15. The van der Waals surface area contributed by atoms with E-state index in [1.54, 1.807) is 24.3 Å². The number of hydrogen-bond acceptors (Lipinski definition) is 2. The number of carbonyl (C=O) groups excluding carboxylic acids is 1. The van der Waals surface area contributed by atoms with Gasteiger partial charge in [0.05, 0.1) is 0 Å². The number of halogens is 2. The molecule has 5 heteroatoms. The van der Waals surface area contributed by atoms with Gasteiger partial charge in [-0.15, -0.1) is 0 Å². The molecule has 3 nitrogen and oxygen atoms in total. The molecule has 0 saturated heterocycles. The summed E-state index contributed by atoms with van der Waals surface area (Å²) >= 11 is 8.54. The van der Waals surface area contributed by atoms with E-state index >= 15 is 0 Å². The number of benzene rings is 1. The maximum atomic E-state index is 11.2. The lowest BCUT2D eigenvalue weighted by atomic mass is 9.84. The summed E-state index contributed by atoms with van der Waals surface area (Å²) in [5.74, 6) is -1.26. The first kappa shape index (κ1) is 12.2. The summed E-state index contributed by atoms with van der Waals surface area (Å²) in [6.45, 7) is 1.28. The third-order valence-corrected chi connectivity index (χ3v) is 3.09. The minimum Gasteiger partial charge on any atom is -0.480 e. The standard InChI is InChI=1S/C10H8BrClO3/c1-10(8(12)13,9(14)15)6-3-2-4-7(11)5-6/h2-5H,1H3,(H,14,15). The van der Waals surface area contributed by atoms with E-state index in [4.69, 9.17) is 16.7 Å². The van der Waals surface area contributed by atoms with E-state index in [-0.39, 0.29) is 0 Å². The van der Waals surface area contributed by atoms with Gasteiger partial charge >= 0.3 is 5.97 Å². The average molecular weight is 292 g/mol. The number of carboxylic acid groups (broad SMARTS) is 1. The molecule has 0 aromatic heterocycles. The van der Waals surface area contributed by atoms with Crippen LogP contribution in [0.15, 0.2) is 28.7 Å². The van der Waals surface area contributed by atoms with Crippen molar-refractivity contribution in [1.29, 1.82) is 0 Å². The van der Waals surface area contributed by atoms with E-state index in [1.807, 2.05) is 0 Å². The zero-order valence-electron chi connectivity index (χ0n) is 7.83. The largest absolute Gasteiger partial charge is 0.480 e. The lowest BCUT2D eigenvalue weighted by Gasteiger charge is -2.20. The van der Waals surface area contributed by atoms with Crippen LogP contribution >= 0.6 is 27.5 Å². The Morgan fingerprint density at radius 2 is 2.07 bits per heavy atom. The first-order chi connectivity index (χ1) is 6.89. The second-order valence-corrected chi connectivity index (χ2v) is 4.47. The van der Waals surface area contributed by atoms with Crippen molar-refractivity contribution in [2.45, 2.75) is 12.3 Å². The first-order valence-electron chi connectivity index (χ1n) is 4.08. The molecule has 15 heavy (non-hydrogen) atoms. The molecule has 1 unspecified atom stereocenters. The Labute approximate surface area is 100 Å². The molecule has 1 aromatic rings. The third kappa shape index (κ3) is 2.21. The van der Waals surface area contributed by atoms with Gasteiger partial charge in [-0.3, -0.25) is 9.59 Å². The van der Waals surface area contributed by atoms with Crippen LogP contribution in [0.4, 0.5) is 0 Å². The van der Waals surface area contributed by atoms with E-state index < -0.39 is 16.6 Å². The third-order valence-electron chi connectivity index (χ3n) is 2.22. The van der Waals surface area contributed by atoms with Gasteiger partial charge < -0.3 is 5.11 Å². The van der Waals surface area contributed by atoms with Crippen LogP contribution in [0.1, 0.15) is 12.5 Å². The summed E-state index contributed by atoms with van der Waals surface area (Å²) in [5.41, 5.74) is -1.35. The maximum Gasteiger partial charge on any atom is 0.322 e. The van der Waals surface area contributed by atoms with Crippen molar-refractivity contribution >= 4 is 38.7 Å². The Kier molecular flexibility index (Phi) is 3.52. The minimum absolute atomic E-state index is 0.351. The molecule has 0 fully saturated rings. The molecule has 80 valence electrons. The van der Waals surface area contributed by atoms with Gasteiger partial charge in [0.15, 0.2) is 5.41 Å². The highest BCUT2D eigenvalue weighted by Crippen LogP contribution is 2.28. The lowest BCUT2D eigenvalue weighted by molar-refractivity contribution is -0.146. The minimum atomic E-state index is -1.70.